The lowest BCUT2D eigenvalue weighted by Gasteiger charge is -2.41. The van der Waals surface area contributed by atoms with Gasteiger partial charge in [-0.1, -0.05) is 36.8 Å². The fourth-order valence-electron chi connectivity index (χ4n) is 4.03. The summed E-state index contributed by atoms with van der Waals surface area (Å²) in [6.07, 6.45) is 6.40. The van der Waals surface area contributed by atoms with Crippen molar-refractivity contribution in [3.8, 4) is 17.6 Å². The van der Waals surface area contributed by atoms with Crippen LogP contribution in [0.2, 0.25) is 0 Å². The molecule has 0 aromatic heterocycles. The molecule has 2 N–H and O–H groups in total. The predicted octanol–water partition coefficient (Wildman–Crippen LogP) is 4.41. The molecule has 1 aromatic carbocycles. The summed E-state index contributed by atoms with van der Waals surface area (Å²) in [6, 6.07) is 6.80. The normalized spacial score (nSPS) is 24.4. The van der Waals surface area contributed by atoms with Gasteiger partial charge in [0.05, 0.1) is 0 Å². The van der Waals surface area contributed by atoms with E-state index < -0.39 is 6.10 Å². The standard InChI is InChI=1S/C21H26O2/c1-21(2)13-3-4-16-8-9-17(14-19(16)21)20(23)12-7-15-5-10-18(22)11-6-15/h5-6,10-11,17,20,22-23H,3-4,8-9,13-14H2,1-2H3. The highest BCUT2D eigenvalue weighted by molar-refractivity contribution is 5.38. The summed E-state index contributed by atoms with van der Waals surface area (Å²) in [6.45, 7) is 4.69. The molecular formula is C21H26O2. The van der Waals surface area contributed by atoms with Crippen LogP contribution in [0, 0.1) is 23.2 Å². The van der Waals surface area contributed by atoms with Crippen molar-refractivity contribution in [3.63, 3.8) is 0 Å². The van der Waals surface area contributed by atoms with Crippen molar-refractivity contribution in [2.45, 2.75) is 58.5 Å². The minimum Gasteiger partial charge on any atom is -0.508 e. The van der Waals surface area contributed by atoms with E-state index in [0.717, 1.165) is 24.8 Å². The summed E-state index contributed by atoms with van der Waals surface area (Å²) >= 11 is 0. The molecular weight excluding hydrogens is 284 g/mol. The van der Waals surface area contributed by atoms with Gasteiger partial charge in [0, 0.05) is 11.5 Å². The third-order valence-electron chi connectivity index (χ3n) is 5.49. The van der Waals surface area contributed by atoms with Crippen LogP contribution in [0.3, 0.4) is 0 Å². The smallest absolute Gasteiger partial charge is 0.118 e. The van der Waals surface area contributed by atoms with Crippen molar-refractivity contribution in [1.29, 1.82) is 0 Å². The van der Waals surface area contributed by atoms with Crippen LogP contribution in [0.1, 0.15) is 57.9 Å². The number of benzene rings is 1. The van der Waals surface area contributed by atoms with E-state index in [0.29, 0.717) is 0 Å². The van der Waals surface area contributed by atoms with Gasteiger partial charge in [0.25, 0.3) is 0 Å². The largest absolute Gasteiger partial charge is 0.508 e. The van der Waals surface area contributed by atoms with Crippen molar-refractivity contribution in [2.24, 2.45) is 11.3 Å². The SMILES string of the molecule is CC1(C)CCCC2=C1CC(C(O)C#Cc1ccc(O)cc1)CC2. The van der Waals surface area contributed by atoms with Crippen molar-refractivity contribution < 1.29 is 10.2 Å². The Balaban J connectivity index is 1.71. The number of aromatic hydroxyl groups is 1. The fraction of sp³-hybridized carbons (Fsp3) is 0.524. The van der Waals surface area contributed by atoms with Gasteiger partial charge in [0.2, 0.25) is 0 Å². The van der Waals surface area contributed by atoms with Crippen LogP contribution >= 0.6 is 0 Å². The summed E-state index contributed by atoms with van der Waals surface area (Å²) in [4.78, 5) is 0. The molecule has 1 aromatic rings. The third kappa shape index (κ3) is 3.62. The zero-order chi connectivity index (χ0) is 16.4. The maximum absolute atomic E-state index is 10.5. The minimum absolute atomic E-state index is 0.238. The average molecular weight is 310 g/mol. The van der Waals surface area contributed by atoms with E-state index in [1.54, 1.807) is 35.4 Å². The van der Waals surface area contributed by atoms with Crippen molar-refractivity contribution >= 4 is 0 Å². The zero-order valence-electron chi connectivity index (χ0n) is 14.1. The van der Waals surface area contributed by atoms with E-state index in [-0.39, 0.29) is 17.1 Å². The molecule has 3 rings (SSSR count). The Labute approximate surface area is 139 Å². The molecule has 2 atom stereocenters. The lowest BCUT2D eigenvalue weighted by molar-refractivity contribution is 0.141. The van der Waals surface area contributed by atoms with Crippen LogP contribution in [0.15, 0.2) is 35.4 Å². The number of rotatable bonds is 1. The van der Waals surface area contributed by atoms with Crippen LogP contribution in [-0.2, 0) is 0 Å². The number of hydrogen-bond donors (Lipinski definition) is 2. The zero-order valence-corrected chi connectivity index (χ0v) is 14.1. The Kier molecular flexibility index (Phi) is 4.50. The van der Waals surface area contributed by atoms with Gasteiger partial charge in [0.15, 0.2) is 0 Å². The molecule has 0 radical (unpaired) electrons. The molecule has 2 heteroatoms. The summed E-state index contributed by atoms with van der Waals surface area (Å²) in [5.74, 6) is 6.53. The first-order valence-electron chi connectivity index (χ1n) is 8.66. The van der Waals surface area contributed by atoms with Crippen molar-refractivity contribution in [1.82, 2.24) is 0 Å². The maximum Gasteiger partial charge on any atom is 0.118 e. The molecule has 0 fully saturated rings. The van der Waals surface area contributed by atoms with Gasteiger partial charge in [0.1, 0.15) is 11.9 Å². The van der Waals surface area contributed by atoms with Gasteiger partial charge < -0.3 is 10.2 Å². The molecule has 23 heavy (non-hydrogen) atoms. The monoisotopic (exact) mass is 310 g/mol. The lowest BCUT2D eigenvalue weighted by Crippen LogP contribution is -2.30. The Morgan fingerprint density at radius 3 is 2.65 bits per heavy atom. The Bertz CT molecular complexity index is 655. The second kappa shape index (κ2) is 6.42. The molecule has 0 saturated heterocycles. The summed E-state index contributed by atoms with van der Waals surface area (Å²) in [7, 11) is 0. The molecule has 2 aliphatic rings. The van der Waals surface area contributed by atoms with Gasteiger partial charge in [-0.05, 0) is 68.2 Å². The second-order valence-electron chi connectivity index (χ2n) is 7.58. The maximum atomic E-state index is 10.5. The first-order chi connectivity index (χ1) is 11.0. The minimum atomic E-state index is -0.574. The predicted molar refractivity (Wildman–Crippen MR) is 93.0 cm³/mol. The van der Waals surface area contributed by atoms with Crippen LogP contribution < -0.4 is 0 Å². The first-order valence-corrected chi connectivity index (χ1v) is 8.66. The number of allylic oxidation sites excluding steroid dienone is 2. The quantitative estimate of drug-likeness (QED) is 0.596. The number of aliphatic hydroxyl groups is 1. The van der Waals surface area contributed by atoms with Gasteiger partial charge in [-0.25, -0.2) is 0 Å². The highest BCUT2D eigenvalue weighted by Gasteiger charge is 2.35. The highest BCUT2D eigenvalue weighted by atomic mass is 16.3. The van der Waals surface area contributed by atoms with E-state index in [9.17, 15) is 10.2 Å². The van der Waals surface area contributed by atoms with Gasteiger partial charge in [-0.3, -0.25) is 0 Å². The van der Waals surface area contributed by atoms with E-state index >= 15 is 0 Å². The van der Waals surface area contributed by atoms with Crippen molar-refractivity contribution in [2.75, 3.05) is 0 Å². The topological polar surface area (TPSA) is 40.5 Å². The van der Waals surface area contributed by atoms with Crippen LogP contribution in [-0.4, -0.2) is 16.3 Å². The van der Waals surface area contributed by atoms with Crippen LogP contribution in [0.4, 0.5) is 0 Å². The molecule has 0 aliphatic heterocycles. The number of phenolic OH excluding ortho intramolecular Hbond substituents is 1. The summed E-state index contributed by atoms with van der Waals surface area (Å²) in [5.41, 5.74) is 4.35. The van der Waals surface area contributed by atoms with E-state index in [4.69, 9.17) is 0 Å². The first kappa shape index (κ1) is 16.1. The number of phenols is 1. The lowest BCUT2D eigenvalue weighted by atomic mass is 9.65. The summed E-state index contributed by atoms with van der Waals surface area (Å²) < 4.78 is 0. The molecule has 2 unspecified atom stereocenters. The van der Waals surface area contributed by atoms with Crippen LogP contribution in [0.5, 0.6) is 5.75 Å². The molecule has 0 amide bonds. The molecule has 0 bridgehead atoms. The molecule has 2 aliphatic carbocycles. The second-order valence-corrected chi connectivity index (χ2v) is 7.58. The third-order valence-corrected chi connectivity index (χ3v) is 5.49. The van der Waals surface area contributed by atoms with E-state index in [1.807, 2.05) is 0 Å². The van der Waals surface area contributed by atoms with E-state index in [1.165, 1.54) is 19.3 Å². The Hall–Kier alpha value is -1.72. The van der Waals surface area contributed by atoms with Gasteiger partial charge in [-0.15, -0.1) is 0 Å². The van der Waals surface area contributed by atoms with Gasteiger partial charge >= 0.3 is 0 Å². The molecule has 0 spiro atoms. The van der Waals surface area contributed by atoms with Crippen LogP contribution in [0.25, 0.3) is 0 Å². The van der Waals surface area contributed by atoms with Crippen molar-refractivity contribution in [3.05, 3.63) is 41.0 Å². The van der Waals surface area contributed by atoms with E-state index in [2.05, 4.69) is 25.7 Å². The molecule has 0 heterocycles. The molecule has 2 nitrogen and oxygen atoms in total. The molecule has 0 saturated carbocycles. The Morgan fingerprint density at radius 1 is 1.17 bits per heavy atom. The number of aliphatic hydroxyl groups excluding tert-OH is 1. The Morgan fingerprint density at radius 2 is 1.91 bits per heavy atom. The highest BCUT2D eigenvalue weighted by Crippen LogP contribution is 2.48. The fourth-order valence-corrected chi connectivity index (χ4v) is 4.03. The number of hydrogen-bond acceptors (Lipinski definition) is 2. The summed E-state index contributed by atoms with van der Waals surface area (Å²) in [5, 5.41) is 19.8. The molecule has 122 valence electrons. The van der Waals surface area contributed by atoms with Gasteiger partial charge in [-0.2, -0.15) is 0 Å². The average Bonchev–Trinajstić information content (AvgIpc) is 2.53.